The van der Waals surface area contributed by atoms with E-state index in [1.54, 1.807) is 11.8 Å². The average Bonchev–Trinajstić information content (AvgIpc) is 3.59. The molecule has 0 bridgehead atoms. The number of ether oxygens (including phenoxy) is 1. The van der Waals surface area contributed by atoms with Gasteiger partial charge in [-0.3, -0.25) is 9.69 Å². The second-order valence-electron chi connectivity index (χ2n) is 10.8. The van der Waals surface area contributed by atoms with Gasteiger partial charge in [0.15, 0.2) is 5.69 Å². The summed E-state index contributed by atoms with van der Waals surface area (Å²) in [4.78, 5) is 18.2. The van der Waals surface area contributed by atoms with E-state index in [1.807, 2.05) is 29.2 Å². The molecule has 0 N–H and O–H groups in total. The first-order valence-corrected chi connectivity index (χ1v) is 13.1. The minimum atomic E-state index is -0.134. The molecule has 1 aliphatic heterocycles. The van der Waals surface area contributed by atoms with Gasteiger partial charge in [-0.25, -0.2) is 4.68 Å². The summed E-state index contributed by atoms with van der Waals surface area (Å²) < 4.78 is 6.86. The molecule has 2 heterocycles. The Morgan fingerprint density at radius 1 is 1.03 bits per heavy atom. The van der Waals surface area contributed by atoms with Crippen LogP contribution < -0.4 is 9.64 Å². The van der Waals surface area contributed by atoms with Crippen LogP contribution in [0, 0.1) is 11.3 Å². The van der Waals surface area contributed by atoms with Gasteiger partial charge in [0, 0.05) is 41.8 Å². The number of hydrogen-bond acceptors (Lipinski definition) is 5. The molecule has 2 aromatic carbocycles. The lowest BCUT2D eigenvalue weighted by Gasteiger charge is -2.34. The predicted octanol–water partition coefficient (Wildman–Crippen LogP) is 5.11. The molecule has 0 saturated heterocycles. The van der Waals surface area contributed by atoms with Crippen molar-refractivity contribution in [3.05, 3.63) is 71.0 Å². The fourth-order valence-corrected chi connectivity index (χ4v) is 5.60. The molecule has 0 radical (unpaired) electrons. The Morgan fingerprint density at radius 3 is 2.19 bits per heavy atom. The van der Waals surface area contributed by atoms with Crippen molar-refractivity contribution in [2.45, 2.75) is 64.5 Å². The maximum atomic E-state index is 13.8. The van der Waals surface area contributed by atoms with Crippen molar-refractivity contribution in [2.24, 2.45) is 0 Å². The summed E-state index contributed by atoms with van der Waals surface area (Å²) in [5, 5.41) is 14.2. The van der Waals surface area contributed by atoms with E-state index in [2.05, 4.69) is 68.0 Å². The summed E-state index contributed by atoms with van der Waals surface area (Å²) in [5.41, 5.74) is 4.64. The van der Waals surface area contributed by atoms with Crippen LogP contribution in [0.4, 0.5) is 5.69 Å². The van der Waals surface area contributed by atoms with Crippen molar-refractivity contribution >= 4 is 11.6 Å². The first kappa shape index (κ1) is 25.0. The van der Waals surface area contributed by atoms with Gasteiger partial charge in [0.1, 0.15) is 17.5 Å². The van der Waals surface area contributed by atoms with E-state index in [4.69, 9.17) is 4.74 Å². The van der Waals surface area contributed by atoms with Gasteiger partial charge in [0.25, 0.3) is 5.91 Å². The highest BCUT2D eigenvalue weighted by Crippen LogP contribution is 2.49. The number of methoxy groups -OCH3 is 1. The van der Waals surface area contributed by atoms with Crippen LogP contribution in [0.15, 0.2) is 48.5 Å². The third kappa shape index (κ3) is 4.51. The van der Waals surface area contributed by atoms with Gasteiger partial charge in [0.05, 0.1) is 12.8 Å². The Bertz CT molecular complexity index is 1320. The molecule has 37 heavy (non-hydrogen) atoms. The number of aromatic nitrogens is 2. The van der Waals surface area contributed by atoms with Gasteiger partial charge in [0.2, 0.25) is 0 Å². The van der Waals surface area contributed by atoms with Gasteiger partial charge < -0.3 is 9.64 Å². The molecule has 2 aliphatic rings. The molecule has 5 rings (SSSR count). The normalized spacial score (nSPS) is 16.3. The van der Waals surface area contributed by atoms with Crippen LogP contribution in [0.2, 0.25) is 0 Å². The third-order valence-corrected chi connectivity index (χ3v) is 7.90. The molecule has 3 aromatic rings. The third-order valence-electron chi connectivity index (χ3n) is 7.90. The standard InChI is InChI=1S/C30H35N5O2/c1-20(2)34(21(3)4)19-30(15-16-30)22-6-8-23(9-7-22)33-17-14-26-27(18-31)32-35(28(26)29(33)36)24-10-12-25(37-5)13-11-24/h6-13,20-21H,14-17,19H2,1-5H3. The Balaban J connectivity index is 1.42. The zero-order valence-corrected chi connectivity index (χ0v) is 22.4. The smallest absolute Gasteiger partial charge is 0.277 e. The first-order valence-electron chi connectivity index (χ1n) is 13.1. The molecule has 1 saturated carbocycles. The summed E-state index contributed by atoms with van der Waals surface area (Å²) in [6, 6.07) is 19.1. The minimum Gasteiger partial charge on any atom is -0.497 e. The maximum Gasteiger partial charge on any atom is 0.277 e. The number of fused-ring (bicyclic) bond motifs is 1. The van der Waals surface area contributed by atoms with Crippen LogP contribution in [-0.4, -0.2) is 52.9 Å². The Hall–Kier alpha value is -3.63. The van der Waals surface area contributed by atoms with Crippen molar-refractivity contribution in [1.29, 1.82) is 5.26 Å². The molecule has 192 valence electrons. The lowest BCUT2D eigenvalue weighted by Crippen LogP contribution is -2.42. The first-order chi connectivity index (χ1) is 17.8. The summed E-state index contributed by atoms with van der Waals surface area (Å²) >= 11 is 0. The van der Waals surface area contributed by atoms with E-state index in [0.717, 1.165) is 29.2 Å². The number of anilines is 1. The topological polar surface area (TPSA) is 74.4 Å². The molecular weight excluding hydrogens is 462 g/mol. The monoisotopic (exact) mass is 497 g/mol. The van der Waals surface area contributed by atoms with Crippen molar-refractivity contribution < 1.29 is 9.53 Å². The summed E-state index contributed by atoms with van der Waals surface area (Å²) in [6.45, 7) is 10.7. The van der Waals surface area contributed by atoms with Gasteiger partial charge in [-0.2, -0.15) is 10.4 Å². The molecular formula is C30H35N5O2. The largest absolute Gasteiger partial charge is 0.497 e. The number of nitriles is 1. The SMILES string of the molecule is COc1ccc(-n2nc(C#N)c3c2C(=O)N(c2ccc(C4(CN(C(C)C)C(C)C)CC4)cc2)CC3)cc1. The molecule has 7 heteroatoms. The van der Waals surface area contributed by atoms with Crippen LogP contribution >= 0.6 is 0 Å². The summed E-state index contributed by atoms with van der Waals surface area (Å²) in [7, 11) is 1.61. The second kappa shape index (κ2) is 9.68. The van der Waals surface area contributed by atoms with E-state index in [1.165, 1.54) is 18.4 Å². The number of hydrogen-bond donors (Lipinski definition) is 0. The highest BCUT2D eigenvalue weighted by atomic mass is 16.5. The molecule has 0 unspecified atom stereocenters. The Labute approximate surface area is 219 Å². The van der Waals surface area contributed by atoms with Crippen LogP contribution in [0.1, 0.15) is 67.8 Å². The fraction of sp³-hybridized carbons (Fsp3) is 0.433. The molecule has 0 atom stereocenters. The Kier molecular flexibility index (Phi) is 6.55. The van der Waals surface area contributed by atoms with Crippen molar-refractivity contribution in [3.8, 4) is 17.5 Å². The lowest BCUT2D eigenvalue weighted by atomic mass is 9.93. The highest BCUT2D eigenvalue weighted by molar-refractivity contribution is 6.07. The summed E-state index contributed by atoms with van der Waals surface area (Å²) in [5.74, 6) is 0.586. The molecule has 1 amide bonds. The van der Waals surface area contributed by atoms with E-state index >= 15 is 0 Å². The highest BCUT2D eigenvalue weighted by Gasteiger charge is 2.46. The molecule has 1 aromatic heterocycles. The van der Waals surface area contributed by atoms with Gasteiger partial charge in [-0.05, 0) is 88.9 Å². The Morgan fingerprint density at radius 2 is 1.65 bits per heavy atom. The van der Waals surface area contributed by atoms with Crippen LogP contribution in [0.5, 0.6) is 5.75 Å². The van der Waals surface area contributed by atoms with Crippen molar-refractivity contribution in [3.63, 3.8) is 0 Å². The molecule has 1 aliphatic carbocycles. The zero-order chi connectivity index (χ0) is 26.3. The number of carbonyl (C=O) groups is 1. The van der Waals surface area contributed by atoms with Crippen LogP contribution in [0.3, 0.4) is 0 Å². The number of benzene rings is 2. The van der Waals surface area contributed by atoms with Gasteiger partial charge in [-0.1, -0.05) is 12.1 Å². The second-order valence-corrected chi connectivity index (χ2v) is 10.8. The molecule has 0 spiro atoms. The molecule has 1 fully saturated rings. The molecule has 7 nitrogen and oxygen atoms in total. The fourth-order valence-electron chi connectivity index (χ4n) is 5.60. The van der Waals surface area contributed by atoms with Crippen molar-refractivity contribution in [1.82, 2.24) is 14.7 Å². The zero-order valence-electron chi connectivity index (χ0n) is 22.4. The quantitative estimate of drug-likeness (QED) is 0.433. The van der Waals surface area contributed by atoms with E-state index in [0.29, 0.717) is 36.4 Å². The van der Waals surface area contributed by atoms with E-state index < -0.39 is 0 Å². The van der Waals surface area contributed by atoms with Crippen LogP contribution in [0.25, 0.3) is 5.69 Å². The minimum absolute atomic E-state index is 0.134. The lowest BCUT2D eigenvalue weighted by molar-refractivity contribution is 0.0973. The van der Waals surface area contributed by atoms with Crippen molar-refractivity contribution in [2.75, 3.05) is 25.1 Å². The summed E-state index contributed by atoms with van der Waals surface area (Å²) in [6.07, 6.45) is 2.99. The van der Waals surface area contributed by atoms with Gasteiger partial charge >= 0.3 is 0 Å². The average molecular weight is 498 g/mol. The van der Waals surface area contributed by atoms with E-state index in [-0.39, 0.29) is 11.3 Å². The number of amides is 1. The number of carbonyl (C=O) groups excluding carboxylic acids is 1. The number of nitrogens with zero attached hydrogens (tertiary/aromatic N) is 5. The van der Waals surface area contributed by atoms with Crippen LogP contribution in [-0.2, 0) is 11.8 Å². The maximum absolute atomic E-state index is 13.8. The van der Waals surface area contributed by atoms with Gasteiger partial charge in [-0.15, -0.1) is 0 Å². The van der Waals surface area contributed by atoms with E-state index in [9.17, 15) is 10.1 Å². The predicted molar refractivity (Wildman–Crippen MR) is 145 cm³/mol. The number of rotatable bonds is 8.